The Morgan fingerprint density at radius 1 is 1.28 bits per heavy atom. The van der Waals surface area contributed by atoms with E-state index < -0.39 is 5.82 Å². The lowest BCUT2D eigenvalue weighted by atomic mass is 10.0. The number of nitrogens with one attached hydrogen (secondary N) is 1. The molecule has 0 bridgehead atoms. The maximum absolute atomic E-state index is 13.3. The van der Waals surface area contributed by atoms with Gasteiger partial charge in [-0.15, -0.1) is 0 Å². The summed E-state index contributed by atoms with van der Waals surface area (Å²) in [5, 5.41) is 0.379. The highest BCUT2D eigenvalue weighted by Crippen LogP contribution is 2.24. The lowest BCUT2D eigenvalue weighted by Gasteiger charge is -2.13. The van der Waals surface area contributed by atoms with Gasteiger partial charge >= 0.3 is 0 Å². The van der Waals surface area contributed by atoms with Crippen LogP contribution >= 0.6 is 23.2 Å². The summed E-state index contributed by atoms with van der Waals surface area (Å²) in [7, 11) is 0. The summed E-state index contributed by atoms with van der Waals surface area (Å²) in [5.74, 6) is 5.60. The molecule has 2 aromatic rings. The third-order valence-corrected chi connectivity index (χ3v) is 3.07. The molecule has 0 saturated heterocycles. The maximum atomic E-state index is 13.3. The monoisotopic (exact) mass is 288 g/mol. The number of nitrogens with two attached hydrogens (primary N) is 1. The van der Waals surface area contributed by atoms with Crippen molar-refractivity contribution in [2.24, 2.45) is 5.84 Å². The van der Waals surface area contributed by atoms with Gasteiger partial charge in [0.2, 0.25) is 0 Å². The first kappa shape index (κ1) is 13.4. The summed E-state index contributed by atoms with van der Waals surface area (Å²) in [6.07, 6.45) is 0.467. The highest BCUT2D eigenvalue weighted by atomic mass is 35.5. The Balaban J connectivity index is 2.17. The van der Waals surface area contributed by atoms with E-state index in [-0.39, 0.29) is 16.3 Å². The van der Waals surface area contributed by atoms with Crippen molar-refractivity contribution in [2.75, 3.05) is 0 Å². The molecule has 0 aliphatic carbocycles. The van der Waals surface area contributed by atoms with Crippen LogP contribution in [0.4, 0.5) is 4.39 Å². The van der Waals surface area contributed by atoms with Gasteiger partial charge < -0.3 is 4.42 Å². The Hall–Kier alpha value is -1.07. The van der Waals surface area contributed by atoms with E-state index in [1.165, 1.54) is 12.1 Å². The van der Waals surface area contributed by atoms with E-state index >= 15 is 0 Å². The predicted molar refractivity (Wildman–Crippen MR) is 68.9 cm³/mol. The van der Waals surface area contributed by atoms with E-state index in [1.54, 1.807) is 18.2 Å². The van der Waals surface area contributed by atoms with E-state index in [4.69, 9.17) is 33.5 Å². The van der Waals surface area contributed by atoms with Gasteiger partial charge in [-0.25, -0.2) is 9.82 Å². The zero-order valence-electron chi connectivity index (χ0n) is 9.29. The minimum Gasteiger partial charge on any atom is -0.448 e. The number of benzene rings is 1. The molecule has 0 radical (unpaired) electrons. The molecular formula is C12H11Cl2FN2O. The average Bonchev–Trinajstić information content (AvgIpc) is 2.77. The molecule has 1 atom stereocenters. The first-order valence-corrected chi connectivity index (χ1v) is 6.01. The summed E-state index contributed by atoms with van der Waals surface area (Å²) in [6, 6.07) is 7.69. The molecule has 0 amide bonds. The van der Waals surface area contributed by atoms with Gasteiger partial charge in [-0.1, -0.05) is 17.7 Å². The van der Waals surface area contributed by atoms with Crippen molar-refractivity contribution in [3.8, 4) is 0 Å². The van der Waals surface area contributed by atoms with Crippen LogP contribution in [0.3, 0.4) is 0 Å². The summed E-state index contributed by atoms with van der Waals surface area (Å²) in [6.45, 7) is 0. The fraction of sp³-hybridized carbons (Fsp3) is 0.167. The smallest absolute Gasteiger partial charge is 0.193 e. The van der Waals surface area contributed by atoms with Crippen LogP contribution in [0.1, 0.15) is 17.4 Å². The second-order valence-electron chi connectivity index (χ2n) is 3.81. The largest absolute Gasteiger partial charge is 0.448 e. The molecule has 3 nitrogen and oxygen atoms in total. The van der Waals surface area contributed by atoms with Crippen molar-refractivity contribution in [2.45, 2.75) is 12.5 Å². The van der Waals surface area contributed by atoms with Crippen molar-refractivity contribution >= 4 is 23.2 Å². The number of furan rings is 1. The Bertz CT molecular complexity index is 545. The van der Waals surface area contributed by atoms with E-state index in [1.807, 2.05) is 0 Å². The van der Waals surface area contributed by atoms with Crippen molar-refractivity contribution in [3.63, 3.8) is 0 Å². The van der Waals surface area contributed by atoms with Crippen LogP contribution in [0.15, 0.2) is 34.7 Å². The topological polar surface area (TPSA) is 51.2 Å². The van der Waals surface area contributed by atoms with Gasteiger partial charge in [-0.3, -0.25) is 5.84 Å². The van der Waals surface area contributed by atoms with Crippen molar-refractivity contribution in [1.82, 2.24) is 5.43 Å². The maximum Gasteiger partial charge on any atom is 0.193 e. The fourth-order valence-electron chi connectivity index (χ4n) is 1.66. The number of halogens is 3. The van der Waals surface area contributed by atoms with Crippen LogP contribution in [-0.4, -0.2) is 0 Å². The lowest BCUT2D eigenvalue weighted by Crippen LogP contribution is -2.29. The van der Waals surface area contributed by atoms with E-state index in [9.17, 15) is 4.39 Å². The Labute approximate surface area is 114 Å². The molecule has 18 heavy (non-hydrogen) atoms. The molecule has 2 rings (SSSR count). The minimum absolute atomic E-state index is 0.0945. The molecule has 6 heteroatoms. The Morgan fingerprint density at radius 3 is 2.61 bits per heavy atom. The quantitative estimate of drug-likeness (QED) is 0.669. The molecule has 0 saturated carbocycles. The SMILES string of the molecule is NNC(Cc1ccc(Cl)c(F)c1)c1ccc(Cl)o1. The van der Waals surface area contributed by atoms with Crippen LogP contribution in [0.25, 0.3) is 0 Å². The minimum atomic E-state index is -0.456. The molecule has 1 aromatic heterocycles. The van der Waals surface area contributed by atoms with Gasteiger partial charge in [0.15, 0.2) is 5.22 Å². The molecule has 0 spiro atoms. The zero-order chi connectivity index (χ0) is 13.1. The van der Waals surface area contributed by atoms with Crippen LogP contribution < -0.4 is 11.3 Å². The van der Waals surface area contributed by atoms with E-state index in [0.717, 1.165) is 5.56 Å². The third kappa shape index (κ3) is 3.03. The highest BCUT2D eigenvalue weighted by Gasteiger charge is 2.15. The second kappa shape index (κ2) is 5.71. The first-order chi connectivity index (χ1) is 8.60. The lowest BCUT2D eigenvalue weighted by molar-refractivity contribution is 0.416. The Kier molecular flexibility index (Phi) is 4.24. The standard InChI is InChI=1S/C12H11Cl2FN2O/c13-8-2-1-7(5-9(8)15)6-10(17-16)11-3-4-12(14)18-11/h1-5,10,17H,6,16H2. The summed E-state index contributed by atoms with van der Waals surface area (Å²) < 4.78 is 18.6. The van der Waals surface area contributed by atoms with Gasteiger partial charge in [0.1, 0.15) is 11.6 Å². The summed E-state index contributed by atoms with van der Waals surface area (Å²) >= 11 is 11.3. The number of hydrogen-bond donors (Lipinski definition) is 2. The second-order valence-corrected chi connectivity index (χ2v) is 4.59. The van der Waals surface area contributed by atoms with Gasteiger partial charge in [-0.05, 0) is 47.9 Å². The fourth-order valence-corrected chi connectivity index (χ4v) is 1.93. The molecule has 0 aliphatic heterocycles. The predicted octanol–water partition coefficient (Wildman–Crippen LogP) is 3.47. The van der Waals surface area contributed by atoms with Crippen LogP contribution in [0.2, 0.25) is 10.2 Å². The molecule has 96 valence electrons. The van der Waals surface area contributed by atoms with Gasteiger partial charge in [0.25, 0.3) is 0 Å². The van der Waals surface area contributed by atoms with E-state index in [0.29, 0.717) is 12.2 Å². The first-order valence-electron chi connectivity index (χ1n) is 5.25. The number of hydrogen-bond acceptors (Lipinski definition) is 3. The Morgan fingerprint density at radius 2 is 2.06 bits per heavy atom. The normalized spacial score (nSPS) is 12.7. The third-order valence-electron chi connectivity index (χ3n) is 2.56. The molecule has 0 aliphatic rings. The number of rotatable bonds is 4. The molecule has 1 aromatic carbocycles. The van der Waals surface area contributed by atoms with E-state index in [2.05, 4.69) is 5.43 Å². The zero-order valence-corrected chi connectivity index (χ0v) is 10.8. The summed E-state index contributed by atoms with van der Waals surface area (Å²) in [4.78, 5) is 0. The van der Waals surface area contributed by atoms with Gasteiger partial charge in [0, 0.05) is 0 Å². The molecule has 0 fully saturated rings. The van der Waals surface area contributed by atoms with Crippen molar-refractivity contribution < 1.29 is 8.81 Å². The van der Waals surface area contributed by atoms with Gasteiger partial charge in [-0.2, -0.15) is 0 Å². The molecule has 1 unspecified atom stereocenters. The van der Waals surface area contributed by atoms with Crippen molar-refractivity contribution in [3.05, 3.63) is 57.7 Å². The summed E-state index contributed by atoms with van der Waals surface area (Å²) in [5.41, 5.74) is 3.36. The van der Waals surface area contributed by atoms with Gasteiger partial charge in [0.05, 0.1) is 11.1 Å². The van der Waals surface area contributed by atoms with Crippen LogP contribution in [-0.2, 0) is 6.42 Å². The van der Waals surface area contributed by atoms with Crippen molar-refractivity contribution in [1.29, 1.82) is 0 Å². The number of hydrazine groups is 1. The van der Waals surface area contributed by atoms with Crippen LogP contribution in [0, 0.1) is 5.82 Å². The van der Waals surface area contributed by atoms with Crippen LogP contribution in [0.5, 0.6) is 0 Å². The molecule has 1 heterocycles. The average molecular weight is 289 g/mol. The highest BCUT2D eigenvalue weighted by molar-refractivity contribution is 6.30. The molecule has 3 N–H and O–H groups in total. The molecular weight excluding hydrogens is 278 g/mol.